The van der Waals surface area contributed by atoms with Crippen molar-refractivity contribution >= 4 is 17.6 Å². The molecule has 1 amide bonds. The average Bonchev–Trinajstić information content (AvgIpc) is 2.94. The van der Waals surface area contributed by atoms with Gasteiger partial charge in [0, 0.05) is 6.20 Å². The van der Waals surface area contributed by atoms with E-state index in [2.05, 4.69) is 5.10 Å². The lowest BCUT2D eigenvalue weighted by Crippen LogP contribution is -2.26. The van der Waals surface area contributed by atoms with Crippen LogP contribution >= 0.6 is 0 Å². The van der Waals surface area contributed by atoms with Crippen LogP contribution in [0.5, 0.6) is 0 Å². The smallest absolute Gasteiger partial charge is 0.358 e. The molecule has 110 valence electrons. The number of anilines is 1. The Bertz CT molecular complexity index is 666. The van der Waals surface area contributed by atoms with E-state index in [0.29, 0.717) is 11.4 Å². The van der Waals surface area contributed by atoms with Gasteiger partial charge < -0.3 is 16.2 Å². The Morgan fingerprint density at radius 2 is 2.05 bits per heavy atom. The third-order valence-electron chi connectivity index (χ3n) is 2.93. The number of carbonyl (C=O) groups excluding carboxylic acids is 2. The van der Waals surface area contributed by atoms with Crippen molar-refractivity contribution in [2.24, 2.45) is 11.7 Å². The van der Waals surface area contributed by atoms with E-state index in [4.69, 9.17) is 16.2 Å². The van der Waals surface area contributed by atoms with Crippen LogP contribution in [0.3, 0.4) is 0 Å². The molecular formula is C14H16N4O3. The van der Waals surface area contributed by atoms with Gasteiger partial charge in [-0.25, -0.2) is 9.48 Å². The zero-order chi connectivity index (χ0) is 15.4. The predicted octanol–water partition coefficient (Wildman–Crippen LogP) is 0.733. The number of nitrogen functional groups attached to an aromatic ring is 1. The Hall–Kier alpha value is -2.83. The molecular weight excluding hydrogens is 272 g/mol. The van der Waals surface area contributed by atoms with Crippen LogP contribution in [0.15, 0.2) is 36.5 Å². The zero-order valence-electron chi connectivity index (χ0n) is 11.5. The van der Waals surface area contributed by atoms with Crippen LogP contribution in [0, 0.1) is 5.92 Å². The molecule has 7 nitrogen and oxygen atoms in total. The number of hydrogen-bond acceptors (Lipinski definition) is 5. The van der Waals surface area contributed by atoms with E-state index >= 15 is 0 Å². The Balaban J connectivity index is 2.08. The van der Waals surface area contributed by atoms with Crippen LogP contribution in [0.4, 0.5) is 5.69 Å². The molecule has 0 saturated heterocycles. The van der Waals surface area contributed by atoms with Crippen LogP contribution in [0.1, 0.15) is 17.4 Å². The minimum Gasteiger partial charge on any atom is -0.460 e. The van der Waals surface area contributed by atoms with Crippen molar-refractivity contribution in [3.8, 4) is 5.69 Å². The maximum Gasteiger partial charge on any atom is 0.358 e. The third kappa shape index (κ3) is 3.38. The molecule has 21 heavy (non-hydrogen) atoms. The summed E-state index contributed by atoms with van der Waals surface area (Å²) in [5.41, 5.74) is 12.3. The molecule has 1 unspecified atom stereocenters. The summed E-state index contributed by atoms with van der Waals surface area (Å²) >= 11 is 0. The molecule has 1 heterocycles. The number of aromatic nitrogens is 2. The van der Waals surface area contributed by atoms with Crippen molar-refractivity contribution in [2.75, 3.05) is 12.3 Å². The van der Waals surface area contributed by atoms with E-state index in [1.54, 1.807) is 25.3 Å². The number of amides is 1. The second kappa shape index (κ2) is 6.08. The van der Waals surface area contributed by atoms with E-state index in [1.807, 2.05) is 12.1 Å². The normalized spacial score (nSPS) is 11.9. The number of primary amides is 1. The largest absolute Gasteiger partial charge is 0.460 e. The van der Waals surface area contributed by atoms with Gasteiger partial charge in [-0.2, -0.15) is 5.10 Å². The fraction of sp³-hybridized carbons (Fsp3) is 0.214. The van der Waals surface area contributed by atoms with Crippen molar-refractivity contribution in [1.82, 2.24) is 9.78 Å². The molecule has 0 bridgehead atoms. The summed E-state index contributed by atoms with van der Waals surface area (Å²) in [7, 11) is 0. The molecule has 0 aliphatic rings. The second-order valence-electron chi connectivity index (χ2n) is 4.61. The Morgan fingerprint density at radius 3 is 2.71 bits per heavy atom. The molecule has 2 rings (SSSR count). The number of hydrogen-bond donors (Lipinski definition) is 2. The molecule has 4 N–H and O–H groups in total. The van der Waals surface area contributed by atoms with Gasteiger partial charge in [0.1, 0.15) is 6.61 Å². The number of para-hydroxylation sites is 2. The predicted molar refractivity (Wildman–Crippen MR) is 76.6 cm³/mol. The SMILES string of the molecule is CC(COC(=O)c1ccn(-c2ccccc2N)n1)C(N)=O. The molecule has 1 atom stereocenters. The highest BCUT2D eigenvalue weighted by atomic mass is 16.5. The molecule has 0 radical (unpaired) electrons. The highest BCUT2D eigenvalue weighted by molar-refractivity contribution is 5.87. The van der Waals surface area contributed by atoms with Gasteiger partial charge in [0.05, 0.1) is 17.3 Å². The minimum absolute atomic E-state index is 0.0749. The molecule has 1 aromatic heterocycles. The molecule has 7 heteroatoms. The summed E-state index contributed by atoms with van der Waals surface area (Å²) < 4.78 is 6.47. The summed E-state index contributed by atoms with van der Waals surface area (Å²) in [6, 6.07) is 8.67. The Morgan fingerprint density at radius 1 is 1.33 bits per heavy atom. The van der Waals surface area contributed by atoms with E-state index < -0.39 is 17.8 Å². The first kappa shape index (κ1) is 14.6. The van der Waals surface area contributed by atoms with Crippen LogP contribution in [0.2, 0.25) is 0 Å². The molecule has 2 aromatic rings. The van der Waals surface area contributed by atoms with Crippen molar-refractivity contribution in [1.29, 1.82) is 0 Å². The first-order valence-corrected chi connectivity index (χ1v) is 6.36. The van der Waals surface area contributed by atoms with Crippen LogP contribution in [-0.2, 0) is 9.53 Å². The minimum atomic E-state index is -0.614. The number of nitrogens with two attached hydrogens (primary N) is 2. The number of ether oxygens (including phenoxy) is 1. The van der Waals surface area contributed by atoms with Crippen LogP contribution in [-0.4, -0.2) is 28.3 Å². The first-order valence-electron chi connectivity index (χ1n) is 6.36. The average molecular weight is 288 g/mol. The lowest BCUT2D eigenvalue weighted by atomic mass is 10.2. The maximum atomic E-state index is 11.8. The van der Waals surface area contributed by atoms with Crippen molar-refractivity contribution in [3.05, 3.63) is 42.2 Å². The van der Waals surface area contributed by atoms with Gasteiger partial charge in [-0.3, -0.25) is 4.79 Å². The van der Waals surface area contributed by atoms with Gasteiger partial charge in [-0.1, -0.05) is 19.1 Å². The number of nitrogens with zero attached hydrogens (tertiary/aromatic N) is 2. The van der Waals surface area contributed by atoms with Crippen LogP contribution < -0.4 is 11.5 Å². The first-order chi connectivity index (χ1) is 9.99. The molecule has 0 fully saturated rings. The monoisotopic (exact) mass is 288 g/mol. The molecule has 0 spiro atoms. The van der Waals surface area contributed by atoms with Crippen LogP contribution in [0.25, 0.3) is 5.69 Å². The quantitative estimate of drug-likeness (QED) is 0.622. The summed E-state index contributed by atoms with van der Waals surface area (Å²) in [6.45, 7) is 1.51. The second-order valence-corrected chi connectivity index (χ2v) is 4.61. The number of esters is 1. The molecule has 0 aliphatic heterocycles. The molecule has 0 saturated carbocycles. The standard InChI is InChI=1S/C14H16N4O3/c1-9(13(16)19)8-21-14(20)11-6-7-18(17-11)12-5-3-2-4-10(12)15/h2-7,9H,8,15H2,1H3,(H2,16,19). The van der Waals surface area contributed by atoms with E-state index in [1.165, 1.54) is 10.7 Å². The zero-order valence-corrected chi connectivity index (χ0v) is 11.5. The lowest BCUT2D eigenvalue weighted by molar-refractivity contribution is -0.122. The maximum absolute atomic E-state index is 11.8. The van der Waals surface area contributed by atoms with Gasteiger partial charge in [0.15, 0.2) is 5.69 Å². The highest BCUT2D eigenvalue weighted by Crippen LogP contribution is 2.15. The number of rotatable bonds is 5. The van der Waals surface area contributed by atoms with Gasteiger partial charge in [-0.15, -0.1) is 0 Å². The fourth-order valence-corrected chi connectivity index (χ4v) is 1.62. The summed E-state index contributed by atoms with van der Waals surface area (Å²) in [4.78, 5) is 22.7. The van der Waals surface area contributed by atoms with E-state index in [0.717, 1.165) is 0 Å². The molecule has 0 aliphatic carbocycles. The van der Waals surface area contributed by atoms with Gasteiger partial charge in [-0.05, 0) is 18.2 Å². The topological polar surface area (TPSA) is 113 Å². The summed E-state index contributed by atoms with van der Waals surface area (Å²) in [5.74, 6) is -1.68. The Kier molecular flexibility index (Phi) is 4.22. The van der Waals surface area contributed by atoms with Gasteiger partial charge in [0.25, 0.3) is 0 Å². The van der Waals surface area contributed by atoms with E-state index in [-0.39, 0.29) is 12.3 Å². The highest BCUT2D eigenvalue weighted by Gasteiger charge is 2.16. The number of carbonyl (C=O) groups is 2. The lowest BCUT2D eigenvalue weighted by Gasteiger charge is -2.07. The molecule has 1 aromatic carbocycles. The summed E-state index contributed by atoms with van der Waals surface area (Å²) in [6.07, 6.45) is 1.61. The summed E-state index contributed by atoms with van der Waals surface area (Å²) in [5, 5.41) is 4.11. The number of benzene rings is 1. The van der Waals surface area contributed by atoms with E-state index in [9.17, 15) is 9.59 Å². The van der Waals surface area contributed by atoms with Gasteiger partial charge in [0.2, 0.25) is 5.91 Å². The van der Waals surface area contributed by atoms with Gasteiger partial charge >= 0.3 is 5.97 Å². The third-order valence-corrected chi connectivity index (χ3v) is 2.93. The van der Waals surface area contributed by atoms with Crippen molar-refractivity contribution in [2.45, 2.75) is 6.92 Å². The van der Waals surface area contributed by atoms with Crippen molar-refractivity contribution < 1.29 is 14.3 Å². The Labute approximate surface area is 121 Å². The fourth-order valence-electron chi connectivity index (χ4n) is 1.62. The van der Waals surface area contributed by atoms with Crippen molar-refractivity contribution in [3.63, 3.8) is 0 Å².